The Hall–Kier alpha value is -2.10. The zero-order valence-corrected chi connectivity index (χ0v) is 9.31. The molecule has 0 atom stereocenters. The molecule has 0 spiro atoms. The molecule has 0 bridgehead atoms. The first-order valence-electron chi connectivity index (χ1n) is 4.88. The zero-order chi connectivity index (χ0) is 12.0. The van der Waals surface area contributed by atoms with Gasteiger partial charge in [-0.1, -0.05) is 31.4 Å². The van der Waals surface area contributed by atoms with E-state index >= 15 is 0 Å². The normalized spacial score (nSPS) is 10.3. The number of carbonyl (C=O) groups is 1. The number of nitrogens with one attached hydrogen (secondary N) is 1. The molecule has 0 saturated carbocycles. The predicted octanol–water partition coefficient (Wildman–Crippen LogP) is 1.63. The highest BCUT2D eigenvalue weighted by Crippen LogP contribution is 2.13. The minimum absolute atomic E-state index is 0. The second kappa shape index (κ2) is 5.70. The summed E-state index contributed by atoms with van der Waals surface area (Å²) in [6.07, 6.45) is 8.57. The molecule has 0 fully saturated rings. The van der Waals surface area contributed by atoms with E-state index in [1.165, 1.54) is 0 Å². The fourth-order valence-electron chi connectivity index (χ4n) is 1.22. The van der Waals surface area contributed by atoms with Crippen LogP contribution in [0.5, 0.6) is 0 Å². The van der Waals surface area contributed by atoms with Crippen LogP contribution in [0.4, 0.5) is 0 Å². The third kappa shape index (κ3) is 2.95. The number of allylic oxidation sites excluding steroid dienone is 4. The molecule has 1 aromatic heterocycles. The van der Waals surface area contributed by atoms with Crippen molar-refractivity contribution in [2.75, 3.05) is 7.05 Å². The minimum atomic E-state index is -0.0697. The molecule has 1 amide bonds. The summed E-state index contributed by atoms with van der Waals surface area (Å²) in [7, 11) is 1.60. The lowest BCUT2D eigenvalue weighted by atomic mass is 10.2. The Kier molecular flexibility index (Phi) is 4.27. The van der Waals surface area contributed by atoms with Crippen molar-refractivity contribution in [3.8, 4) is 0 Å². The summed E-state index contributed by atoms with van der Waals surface area (Å²) in [5, 5.41) is 2.56. The first kappa shape index (κ1) is 12.0. The van der Waals surface area contributed by atoms with E-state index in [1.807, 2.05) is 6.08 Å². The van der Waals surface area contributed by atoms with Crippen molar-refractivity contribution >= 4 is 11.5 Å². The summed E-state index contributed by atoms with van der Waals surface area (Å²) in [6, 6.07) is 0. The standard InChI is InChI=1S/C12H15N3O.H2/c1-4-5-6-10(2)11-7-14-9-15(11)8-12(16)13-3;/h4-7,9H,1-2,8H2,3H3,(H,13,16);1H/b6-5-;. The van der Waals surface area contributed by atoms with Crippen molar-refractivity contribution in [1.29, 1.82) is 0 Å². The molecule has 0 radical (unpaired) electrons. The van der Waals surface area contributed by atoms with Crippen LogP contribution in [0.2, 0.25) is 0 Å². The van der Waals surface area contributed by atoms with Gasteiger partial charge in [-0.3, -0.25) is 4.79 Å². The molecular weight excluding hydrogens is 202 g/mol. The van der Waals surface area contributed by atoms with E-state index in [0.29, 0.717) is 0 Å². The molecule has 86 valence electrons. The summed E-state index contributed by atoms with van der Waals surface area (Å²) in [5.41, 5.74) is 1.61. The number of aromatic nitrogens is 2. The Balaban J connectivity index is 0.00000256. The van der Waals surface area contributed by atoms with Gasteiger partial charge in [0.15, 0.2) is 0 Å². The number of amides is 1. The Labute approximate surface area is 96.5 Å². The molecule has 16 heavy (non-hydrogen) atoms. The summed E-state index contributed by atoms with van der Waals surface area (Å²) in [6.45, 7) is 7.73. The first-order chi connectivity index (χ1) is 7.69. The van der Waals surface area contributed by atoms with Gasteiger partial charge in [-0.05, 0) is 5.57 Å². The molecule has 0 unspecified atom stereocenters. The third-order valence-electron chi connectivity index (χ3n) is 2.07. The zero-order valence-electron chi connectivity index (χ0n) is 9.31. The highest BCUT2D eigenvalue weighted by molar-refractivity contribution is 5.77. The van der Waals surface area contributed by atoms with E-state index in [2.05, 4.69) is 23.5 Å². The van der Waals surface area contributed by atoms with Gasteiger partial charge in [0.25, 0.3) is 0 Å². The quantitative estimate of drug-likeness (QED) is 0.765. The second-order valence-electron chi connectivity index (χ2n) is 3.20. The van der Waals surface area contributed by atoms with E-state index in [0.717, 1.165) is 11.3 Å². The van der Waals surface area contributed by atoms with E-state index in [9.17, 15) is 4.79 Å². The lowest BCUT2D eigenvalue weighted by Gasteiger charge is -2.06. The number of hydrogen-bond donors (Lipinski definition) is 1. The maximum atomic E-state index is 11.2. The van der Waals surface area contributed by atoms with Gasteiger partial charge in [0.1, 0.15) is 6.54 Å². The van der Waals surface area contributed by atoms with Crippen LogP contribution in [0, 0.1) is 0 Å². The highest BCUT2D eigenvalue weighted by atomic mass is 16.1. The molecule has 0 aromatic carbocycles. The maximum absolute atomic E-state index is 11.2. The van der Waals surface area contributed by atoms with Crippen molar-refractivity contribution in [2.45, 2.75) is 6.54 Å². The molecule has 4 heteroatoms. The number of hydrogen-bond acceptors (Lipinski definition) is 2. The largest absolute Gasteiger partial charge is 0.358 e. The molecule has 1 N–H and O–H groups in total. The average Bonchev–Trinajstić information content (AvgIpc) is 2.73. The van der Waals surface area contributed by atoms with E-state index < -0.39 is 0 Å². The van der Waals surface area contributed by atoms with Gasteiger partial charge in [0.05, 0.1) is 18.2 Å². The van der Waals surface area contributed by atoms with Crippen LogP contribution < -0.4 is 5.32 Å². The van der Waals surface area contributed by atoms with E-state index in [-0.39, 0.29) is 13.9 Å². The average molecular weight is 219 g/mol. The number of nitrogens with zero attached hydrogens (tertiary/aromatic N) is 2. The molecular formula is C12H17N3O. The van der Waals surface area contributed by atoms with Gasteiger partial charge >= 0.3 is 0 Å². The summed E-state index contributed by atoms with van der Waals surface area (Å²) >= 11 is 0. The molecule has 1 heterocycles. The maximum Gasteiger partial charge on any atom is 0.239 e. The fourth-order valence-corrected chi connectivity index (χ4v) is 1.22. The van der Waals surface area contributed by atoms with Crippen LogP contribution in [-0.4, -0.2) is 22.5 Å². The molecule has 1 aromatic rings. The van der Waals surface area contributed by atoms with Gasteiger partial charge in [0, 0.05) is 8.47 Å². The molecule has 0 aliphatic rings. The van der Waals surface area contributed by atoms with Crippen LogP contribution in [0.3, 0.4) is 0 Å². The number of rotatable bonds is 5. The van der Waals surface area contributed by atoms with Crippen molar-refractivity contribution in [3.05, 3.63) is 49.6 Å². The molecule has 1 rings (SSSR count). The number of carbonyl (C=O) groups excluding carboxylic acids is 1. The summed E-state index contributed by atoms with van der Waals surface area (Å²) < 4.78 is 1.74. The Morgan fingerprint density at radius 2 is 2.50 bits per heavy atom. The van der Waals surface area contributed by atoms with E-state index in [1.54, 1.807) is 36.3 Å². The van der Waals surface area contributed by atoms with Gasteiger partial charge in [-0.25, -0.2) is 4.98 Å². The van der Waals surface area contributed by atoms with Gasteiger partial charge in [-0.2, -0.15) is 0 Å². The Morgan fingerprint density at radius 1 is 1.75 bits per heavy atom. The van der Waals surface area contributed by atoms with Crippen molar-refractivity contribution in [3.63, 3.8) is 0 Å². The monoisotopic (exact) mass is 219 g/mol. The number of likely N-dealkylation sites (N-methyl/N-ethyl adjacent to an activating group) is 1. The smallest absolute Gasteiger partial charge is 0.239 e. The lowest BCUT2D eigenvalue weighted by Crippen LogP contribution is -2.23. The lowest BCUT2D eigenvalue weighted by molar-refractivity contribution is -0.121. The molecule has 4 nitrogen and oxygen atoms in total. The topological polar surface area (TPSA) is 46.9 Å². The van der Waals surface area contributed by atoms with Gasteiger partial charge in [0.2, 0.25) is 5.91 Å². The molecule has 0 aliphatic heterocycles. The summed E-state index contributed by atoms with van der Waals surface area (Å²) in [5.74, 6) is -0.0697. The minimum Gasteiger partial charge on any atom is -0.358 e. The Morgan fingerprint density at radius 3 is 3.12 bits per heavy atom. The van der Waals surface area contributed by atoms with Crippen molar-refractivity contribution < 1.29 is 6.22 Å². The Bertz CT molecular complexity index is 435. The second-order valence-corrected chi connectivity index (χ2v) is 3.20. The van der Waals surface area contributed by atoms with Crippen molar-refractivity contribution in [2.24, 2.45) is 0 Å². The SMILES string of the molecule is C=C/C=C\C(=C)c1cncn1CC(=O)NC.[HH]. The fraction of sp³-hybridized carbons (Fsp3) is 0.167. The van der Waals surface area contributed by atoms with Crippen LogP contribution in [-0.2, 0) is 11.3 Å². The molecule has 0 aliphatic carbocycles. The first-order valence-corrected chi connectivity index (χ1v) is 4.88. The van der Waals surface area contributed by atoms with E-state index in [4.69, 9.17) is 0 Å². The highest BCUT2D eigenvalue weighted by Gasteiger charge is 2.06. The molecule has 0 saturated heterocycles. The summed E-state index contributed by atoms with van der Waals surface area (Å²) in [4.78, 5) is 15.2. The third-order valence-corrected chi connectivity index (χ3v) is 2.07. The van der Waals surface area contributed by atoms with Crippen LogP contribution in [0.15, 0.2) is 43.9 Å². The van der Waals surface area contributed by atoms with Crippen LogP contribution in [0.25, 0.3) is 5.57 Å². The van der Waals surface area contributed by atoms with Gasteiger partial charge < -0.3 is 9.88 Å². The van der Waals surface area contributed by atoms with Crippen LogP contribution >= 0.6 is 0 Å². The van der Waals surface area contributed by atoms with Gasteiger partial charge in [-0.15, -0.1) is 0 Å². The van der Waals surface area contributed by atoms with Crippen molar-refractivity contribution in [1.82, 2.24) is 14.9 Å². The van der Waals surface area contributed by atoms with Crippen LogP contribution in [0.1, 0.15) is 7.12 Å². The predicted molar refractivity (Wildman–Crippen MR) is 66.8 cm³/mol. The number of imidazole rings is 1.